The molecule has 17 nitrogen and oxygen atoms in total. The molecule has 4 aromatic rings. The molecule has 2 aromatic heterocycles. The number of hydrogen-bond acceptors (Lipinski definition) is 9. The van der Waals surface area contributed by atoms with E-state index in [4.69, 9.17) is 23.2 Å². The number of azo groups is 2. The zero-order chi connectivity index (χ0) is 32.2. The summed E-state index contributed by atoms with van der Waals surface area (Å²) in [7, 11) is 0. The molecule has 4 amide bonds. The third kappa shape index (κ3) is 4.77. The van der Waals surface area contributed by atoms with E-state index in [1.165, 1.54) is 0 Å². The molecule has 4 N–H and O–H groups in total. The Bertz CT molecular complexity index is 1940. The predicted molar refractivity (Wildman–Crippen MR) is 163 cm³/mol. The topological polar surface area (TPSA) is 226 Å². The van der Waals surface area contributed by atoms with Crippen molar-refractivity contribution in [3.63, 3.8) is 0 Å². The highest BCUT2D eigenvalue weighted by Crippen LogP contribution is 2.51. The van der Waals surface area contributed by atoms with Crippen LogP contribution in [0.25, 0.3) is 0 Å². The van der Waals surface area contributed by atoms with Crippen LogP contribution < -0.4 is 10.6 Å². The lowest BCUT2D eigenvalue weighted by Gasteiger charge is -2.24. The summed E-state index contributed by atoms with van der Waals surface area (Å²) >= 11 is 11.8. The fraction of sp³-hybridized carbons (Fsp3) is 0.148. The van der Waals surface area contributed by atoms with Crippen molar-refractivity contribution >= 4 is 76.2 Å². The van der Waals surface area contributed by atoms with E-state index in [2.05, 4.69) is 51.0 Å². The standard InChI is InChI=1S/C27H18Cl2N12O5/c28-12-3-7-14(8-4-12)30-25(45)34-23-38-36-21-32-17(19(43)40(21)23)27(11-1-2-16(27)42)18-20(44)41-22(33-18)37-39-24(41)35-26(46)31-15-9-5-13(29)6-10-15/h3-10,43-44H,1-2,11H2,(H,30,45)(H,31,46)/b34-23+,35-24+. The van der Waals surface area contributed by atoms with Gasteiger partial charge in [0, 0.05) is 27.8 Å². The highest BCUT2D eigenvalue weighted by atomic mass is 35.5. The van der Waals surface area contributed by atoms with Crippen molar-refractivity contribution in [1.82, 2.24) is 19.1 Å². The summed E-state index contributed by atoms with van der Waals surface area (Å²) in [6.07, 6.45) is 0.558. The van der Waals surface area contributed by atoms with Crippen LogP contribution in [-0.4, -0.2) is 59.1 Å². The number of anilines is 2. The van der Waals surface area contributed by atoms with Crippen LogP contribution in [0, 0.1) is 0 Å². The van der Waals surface area contributed by atoms with Crippen LogP contribution in [0.2, 0.25) is 10.0 Å². The Morgan fingerprint density at radius 3 is 1.57 bits per heavy atom. The molecule has 0 saturated heterocycles. The maximum atomic E-state index is 13.6. The lowest BCUT2D eigenvalue weighted by Crippen LogP contribution is -2.34. The number of aromatic hydroxyl groups is 2. The zero-order valence-electron chi connectivity index (χ0n) is 23.1. The molecule has 0 spiro atoms. The van der Waals surface area contributed by atoms with Crippen molar-refractivity contribution in [2.24, 2.45) is 30.4 Å². The first-order valence-electron chi connectivity index (χ1n) is 13.5. The second-order valence-electron chi connectivity index (χ2n) is 10.1. The Morgan fingerprint density at radius 1 is 0.739 bits per heavy atom. The molecular formula is C27H18Cl2N12O5. The number of aliphatic imine (C=N–C) groups is 2. The summed E-state index contributed by atoms with van der Waals surface area (Å²) < 4.78 is 2.00. The molecule has 2 aromatic carbocycles. The second-order valence-corrected chi connectivity index (χ2v) is 11.0. The van der Waals surface area contributed by atoms with E-state index in [1.807, 2.05) is 0 Å². The molecule has 1 aliphatic carbocycles. The van der Waals surface area contributed by atoms with Gasteiger partial charge in [-0.25, -0.2) is 28.7 Å². The van der Waals surface area contributed by atoms with Crippen molar-refractivity contribution in [2.75, 3.05) is 10.6 Å². The Balaban J connectivity index is 1.23. The molecule has 0 bridgehead atoms. The van der Waals surface area contributed by atoms with Crippen molar-refractivity contribution in [3.05, 3.63) is 70.0 Å². The lowest BCUT2D eigenvalue weighted by atomic mass is 9.78. The third-order valence-corrected chi connectivity index (χ3v) is 7.87. The molecule has 0 unspecified atom stereocenters. The Kier molecular flexibility index (Phi) is 6.90. The smallest absolute Gasteiger partial charge is 0.348 e. The van der Waals surface area contributed by atoms with Gasteiger partial charge in [0.2, 0.25) is 11.8 Å². The summed E-state index contributed by atoms with van der Waals surface area (Å²) in [5.74, 6) is -2.52. The van der Waals surface area contributed by atoms with Crippen LogP contribution in [0.5, 0.6) is 11.8 Å². The summed E-state index contributed by atoms with van der Waals surface area (Å²) in [6.45, 7) is 0. The number of nitrogens with one attached hydrogen (secondary N) is 2. The number of rotatable bonds is 4. The average molecular weight is 661 g/mol. The van der Waals surface area contributed by atoms with Gasteiger partial charge in [-0.15, -0.1) is 20.5 Å². The summed E-state index contributed by atoms with van der Waals surface area (Å²) in [5.41, 5.74) is -1.30. The van der Waals surface area contributed by atoms with Crippen LogP contribution in [0.3, 0.4) is 0 Å². The molecule has 2 aliphatic heterocycles. The maximum Gasteiger partial charge on any atom is 0.348 e. The summed E-state index contributed by atoms with van der Waals surface area (Å²) in [5, 5.41) is 44.2. The zero-order valence-corrected chi connectivity index (χ0v) is 24.6. The Morgan fingerprint density at radius 2 is 1.17 bits per heavy atom. The van der Waals surface area contributed by atoms with Gasteiger partial charge in [0.05, 0.1) is 0 Å². The van der Waals surface area contributed by atoms with Crippen LogP contribution >= 0.6 is 23.2 Å². The number of benzene rings is 2. The SMILES string of the molecule is O=C(/N=C1\N=Nc2nc(C3(c4nc5n(c4O)/C(=N/C(=O)Nc4ccc(Cl)cc4)N=N5)CCCC3=O)c(O)n21)Nc1ccc(Cl)cc1. The van der Waals surface area contributed by atoms with Gasteiger partial charge in [-0.1, -0.05) is 23.2 Å². The number of Topliss-reactive ketones (excluding diaryl/α,β-unsaturated/α-hetero) is 1. The van der Waals surface area contributed by atoms with E-state index >= 15 is 0 Å². The molecule has 0 radical (unpaired) electrons. The number of hydrogen-bond donors (Lipinski definition) is 4. The van der Waals surface area contributed by atoms with Gasteiger partial charge in [0.15, 0.2) is 5.78 Å². The Hall–Kier alpha value is -5.81. The van der Waals surface area contributed by atoms with Crippen molar-refractivity contribution in [3.8, 4) is 11.8 Å². The molecule has 1 saturated carbocycles. The minimum atomic E-state index is -1.75. The van der Waals surface area contributed by atoms with E-state index in [0.717, 1.165) is 9.13 Å². The van der Waals surface area contributed by atoms with Crippen LogP contribution in [0.4, 0.5) is 32.9 Å². The quantitative estimate of drug-likeness (QED) is 0.207. The lowest BCUT2D eigenvalue weighted by molar-refractivity contribution is -0.121. The number of fused-ring (bicyclic) bond motifs is 2. The number of carbonyl (C=O) groups is 3. The van der Waals surface area contributed by atoms with Crippen molar-refractivity contribution < 1.29 is 24.6 Å². The number of amides is 4. The monoisotopic (exact) mass is 660 g/mol. The van der Waals surface area contributed by atoms with Crippen LogP contribution in [-0.2, 0) is 10.2 Å². The normalized spacial score (nSPS) is 19.7. The van der Waals surface area contributed by atoms with Crippen molar-refractivity contribution in [1.29, 1.82) is 0 Å². The third-order valence-electron chi connectivity index (χ3n) is 7.36. The van der Waals surface area contributed by atoms with E-state index < -0.39 is 35.0 Å². The van der Waals surface area contributed by atoms with Gasteiger partial charge in [-0.05, 0) is 61.4 Å². The predicted octanol–water partition coefficient (Wildman–Crippen LogP) is 5.90. The largest absolute Gasteiger partial charge is 0.493 e. The molecule has 19 heteroatoms. The van der Waals surface area contributed by atoms with Crippen LogP contribution in [0.15, 0.2) is 79.0 Å². The first-order chi connectivity index (χ1) is 22.1. The van der Waals surface area contributed by atoms with Gasteiger partial charge < -0.3 is 20.8 Å². The number of aromatic nitrogens is 4. The molecule has 4 heterocycles. The molecular weight excluding hydrogens is 643 g/mol. The molecule has 230 valence electrons. The van der Waals surface area contributed by atoms with Crippen molar-refractivity contribution in [2.45, 2.75) is 24.7 Å². The van der Waals surface area contributed by atoms with Gasteiger partial charge >= 0.3 is 12.1 Å². The number of halogens is 2. The molecule has 46 heavy (non-hydrogen) atoms. The minimum absolute atomic E-state index is 0.0845. The maximum absolute atomic E-state index is 13.6. The fourth-order valence-electron chi connectivity index (χ4n) is 5.32. The minimum Gasteiger partial charge on any atom is -0.493 e. The Labute approximate surface area is 267 Å². The van der Waals surface area contributed by atoms with Gasteiger partial charge in [0.1, 0.15) is 16.8 Å². The number of ketones is 1. The van der Waals surface area contributed by atoms with Gasteiger partial charge in [-0.3, -0.25) is 4.79 Å². The molecule has 7 rings (SSSR count). The number of urea groups is 2. The van der Waals surface area contributed by atoms with E-state index in [1.54, 1.807) is 48.5 Å². The fourth-order valence-corrected chi connectivity index (χ4v) is 5.57. The van der Waals surface area contributed by atoms with Gasteiger partial charge in [-0.2, -0.15) is 9.98 Å². The number of nitrogens with zero attached hydrogens (tertiary/aromatic N) is 10. The summed E-state index contributed by atoms with van der Waals surface area (Å²) in [6, 6.07) is 10.9. The highest BCUT2D eigenvalue weighted by Gasteiger charge is 2.54. The average Bonchev–Trinajstić information content (AvgIpc) is 3.83. The molecule has 1 fully saturated rings. The first-order valence-corrected chi connectivity index (χ1v) is 14.2. The number of imidazole rings is 2. The summed E-state index contributed by atoms with van der Waals surface area (Å²) in [4.78, 5) is 55.3. The van der Waals surface area contributed by atoms with E-state index in [0.29, 0.717) is 27.8 Å². The van der Waals surface area contributed by atoms with E-state index in [9.17, 15) is 24.6 Å². The second kappa shape index (κ2) is 11.0. The van der Waals surface area contributed by atoms with Gasteiger partial charge in [0.25, 0.3) is 23.8 Å². The van der Waals surface area contributed by atoms with Crippen LogP contribution in [0.1, 0.15) is 30.7 Å². The number of carbonyl (C=O) groups excluding carboxylic acids is 3. The highest BCUT2D eigenvalue weighted by molar-refractivity contribution is 6.31. The molecule has 3 aliphatic rings. The van der Waals surface area contributed by atoms with E-state index in [-0.39, 0.29) is 48.0 Å². The molecule has 0 atom stereocenters. The first kappa shape index (κ1) is 28.9.